The number of benzene rings is 3. The minimum absolute atomic E-state index is 0.0787. The van der Waals surface area contributed by atoms with Crippen molar-refractivity contribution in [2.45, 2.75) is 37.9 Å². The first-order valence-corrected chi connectivity index (χ1v) is 13.0. The van der Waals surface area contributed by atoms with E-state index in [0.29, 0.717) is 37.5 Å². The van der Waals surface area contributed by atoms with Gasteiger partial charge in [-0.15, -0.1) is 0 Å². The van der Waals surface area contributed by atoms with Gasteiger partial charge in [0.2, 0.25) is 6.79 Å². The second kappa shape index (κ2) is 9.89. The summed E-state index contributed by atoms with van der Waals surface area (Å²) in [7, 11) is 1.75. The first-order chi connectivity index (χ1) is 18.4. The van der Waals surface area contributed by atoms with Crippen molar-refractivity contribution in [1.82, 2.24) is 4.90 Å². The summed E-state index contributed by atoms with van der Waals surface area (Å²) in [6.45, 7) is 3.80. The molecule has 7 heteroatoms. The molecule has 0 spiro atoms. The van der Waals surface area contributed by atoms with Gasteiger partial charge in [0.25, 0.3) is 5.91 Å². The maximum absolute atomic E-state index is 13.5. The summed E-state index contributed by atoms with van der Waals surface area (Å²) in [6, 6.07) is 19.7. The summed E-state index contributed by atoms with van der Waals surface area (Å²) < 4.78 is 21.9. The van der Waals surface area contributed by atoms with Crippen LogP contribution in [0.5, 0.6) is 11.5 Å². The number of likely N-dealkylation sites (N-methyl/N-ethyl adjacent to an activating group) is 1. The summed E-state index contributed by atoms with van der Waals surface area (Å²) in [4.78, 5) is 28.0. The monoisotopic (exact) mass is 513 g/mol. The zero-order valence-corrected chi connectivity index (χ0v) is 21.7. The Morgan fingerprint density at radius 3 is 2.39 bits per heavy atom. The van der Waals surface area contributed by atoms with E-state index in [1.807, 2.05) is 48.5 Å². The highest BCUT2D eigenvalue weighted by molar-refractivity contribution is 5.95. The number of hydrogen-bond acceptors (Lipinski definition) is 6. The smallest absolute Gasteiger partial charge is 0.253 e. The van der Waals surface area contributed by atoms with E-state index >= 15 is 0 Å². The Kier molecular flexibility index (Phi) is 6.41. The Balaban J connectivity index is 1.16. The molecule has 2 fully saturated rings. The fourth-order valence-corrected chi connectivity index (χ4v) is 5.32. The first-order valence-electron chi connectivity index (χ1n) is 13.0. The van der Waals surface area contributed by atoms with Crippen molar-refractivity contribution < 1.29 is 28.5 Å². The molecule has 7 nitrogen and oxygen atoms in total. The van der Waals surface area contributed by atoms with Gasteiger partial charge in [0.05, 0.1) is 25.2 Å². The van der Waals surface area contributed by atoms with Gasteiger partial charge < -0.3 is 23.8 Å². The van der Waals surface area contributed by atoms with Crippen molar-refractivity contribution in [2.24, 2.45) is 0 Å². The second-order valence-electron chi connectivity index (χ2n) is 10.3. The zero-order chi connectivity index (χ0) is 26.3. The number of fused-ring (bicyclic) bond motifs is 1. The molecule has 1 amide bonds. The lowest BCUT2D eigenvalue weighted by Crippen LogP contribution is -2.34. The van der Waals surface area contributed by atoms with Crippen molar-refractivity contribution in [2.75, 3.05) is 33.6 Å². The number of aryl methyl sites for hydroxylation is 1. The van der Waals surface area contributed by atoms with Crippen LogP contribution in [-0.2, 0) is 26.1 Å². The third-order valence-corrected chi connectivity index (χ3v) is 7.78. The van der Waals surface area contributed by atoms with Gasteiger partial charge in [0, 0.05) is 19.0 Å². The summed E-state index contributed by atoms with van der Waals surface area (Å²) >= 11 is 0. The standard InChI is InChI=1S/C31H31NO6/c1-20-3-4-21(16-28(33)31(11-12-31)24-9-10-26-27(17-24)38-19-37-26)15-25(20)22-5-7-23(8-6-22)30(34)32(2)18-29-35-13-14-36-29/h3-10,15,17,29H,11-14,16,18-19H2,1-2H3. The highest BCUT2D eigenvalue weighted by Gasteiger charge is 2.50. The van der Waals surface area contributed by atoms with Gasteiger partial charge in [-0.25, -0.2) is 0 Å². The number of nitrogens with zero attached hydrogens (tertiary/aromatic N) is 1. The van der Waals surface area contributed by atoms with Gasteiger partial charge in [-0.3, -0.25) is 9.59 Å². The van der Waals surface area contributed by atoms with Crippen LogP contribution >= 0.6 is 0 Å². The molecule has 1 aliphatic carbocycles. The van der Waals surface area contributed by atoms with Crippen LogP contribution < -0.4 is 9.47 Å². The molecular formula is C31H31NO6. The van der Waals surface area contributed by atoms with Crippen molar-refractivity contribution in [3.8, 4) is 22.6 Å². The molecule has 0 radical (unpaired) electrons. The molecule has 2 heterocycles. The molecule has 3 aromatic carbocycles. The van der Waals surface area contributed by atoms with Crippen LogP contribution in [0.3, 0.4) is 0 Å². The SMILES string of the molecule is Cc1ccc(CC(=O)C2(c3ccc4c(c3)OCO4)CC2)cc1-c1ccc(C(=O)N(C)CC2OCCO2)cc1. The number of amides is 1. The Morgan fingerprint density at radius 1 is 0.921 bits per heavy atom. The van der Waals surface area contributed by atoms with Gasteiger partial charge in [-0.2, -0.15) is 0 Å². The number of Topliss-reactive ketones (excluding diaryl/α,β-unsaturated/α-hetero) is 1. The van der Waals surface area contributed by atoms with Gasteiger partial charge in [-0.05, 0) is 71.8 Å². The molecule has 196 valence electrons. The number of ketones is 1. The third kappa shape index (κ3) is 4.68. The van der Waals surface area contributed by atoms with Crippen molar-refractivity contribution >= 4 is 11.7 Å². The molecule has 0 N–H and O–H groups in total. The molecular weight excluding hydrogens is 482 g/mol. The Bertz CT molecular complexity index is 1370. The number of ether oxygens (including phenoxy) is 4. The van der Waals surface area contributed by atoms with Crippen molar-refractivity contribution in [1.29, 1.82) is 0 Å². The van der Waals surface area contributed by atoms with Crippen LogP contribution in [0.2, 0.25) is 0 Å². The topological polar surface area (TPSA) is 74.3 Å². The third-order valence-electron chi connectivity index (χ3n) is 7.78. The fourth-order valence-electron chi connectivity index (χ4n) is 5.32. The van der Waals surface area contributed by atoms with Crippen LogP contribution in [0.25, 0.3) is 11.1 Å². The molecule has 0 aromatic heterocycles. The number of carbonyl (C=O) groups excluding carboxylic acids is 2. The average Bonchev–Trinajstić information content (AvgIpc) is 3.34. The molecule has 1 saturated heterocycles. The van der Waals surface area contributed by atoms with E-state index in [9.17, 15) is 9.59 Å². The average molecular weight is 514 g/mol. The number of rotatable bonds is 8. The van der Waals surface area contributed by atoms with Gasteiger partial charge in [-0.1, -0.05) is 36.4 Å². The van der Waals surface area contributed by atoms with E-state index in [-0.39, 0.29) is 24.8 Å². The molecule has 0 atom stereocenters. The second-order valence-corrected chi connectivity index (χ2v) is 10.3. The van der Waals surface area contributed by atoms with E-state index in [1.165, 1.54) is 0 Å². The summed E-state index contributed by atoms with van der Waals surface area (Å²) in [5, 5.41) is 0. The van der Waals surface area contributed by atoms with Crippen LogP contribution in [0, 0.1) is 6.92 Å². The summed E-state index contributed by atoms with van der Waals surface area (Å²) in [6.07, 6.45) is 1.71. The Hall–Kier alpha value is -3.68. The number of carbonyl (C=O) groups is 2. The molecule has 1 saturated carbocycles. The van der Waals surface area contributed by atoms with Crippen LogP contribution in [-0.4, -0.2) is 56.5 Å². The largest absolute Gasteiger partial charge is 0.454 e. The van der Waals surface area contributed by atoms with Gasteiger partial charge in [0.1, 0.15) is 5.78 Å². The molecule has 3 aromatic rings. The van der Waals surface area contributed by atoms with E-state index < -0.39 is 5.41 Å². The van der Waals surface area contributed by atoms with Crippen LogP contribution in [0.15, 0.2) is 60.7 Å². The zero-order valence-electron chi connectivity index (χ0n) is 21.7. The van der Waals surface area contributed by atoms with Crippen LogP contribution in [0.1, 0.15) is 39.9 Å². The predicted molar refractivity (Wildman–Crippen MR) is 141 cm³/mol. The van der Waals surface area contributed by atoms with Gasteiger partial charge in [0.15, 0.2) is 17.8 Å². The van der Waals surface area contributed by atoms with Crippen LogP contribution in [0.4, 0.5) is 0 Å². The highest BCUT2D eigenvalue weighted by Crippen LogP contribution is 2.51. The summed E-state index contributed by atoms with van der Waals surface area (Å²) in [5.41, 5.74) is 5.35. The summed E-state index contributed by atoms with van der Waals surface area (Å²) in [5.74, 6) is 1.60. The van der Waals surface area contributed by atoms with E-state index in [2.05, 4.69) is 19.1 Å². The fraction of sp³-hybridized carbons (Fsp3) is 0.355. The predicted octanol–water partition coefficient (Wildman–Crippen LogP) is 4.68. The lowest BCUT2D eigenvalue weighted by Gasteiger charge is -2.20. The van der Waals surface area contributed by atoms with E-state index in [4.69, 9.17) is 18.9 Å². The maximum atomic E-state index is 13.5. The van der Waals surface area contributed by atoms with Crippen molar-refractivity contribution in [3.05, 3.63) is 82.9 Å². The number of hydrogen-bond donors (Lipinski definition) is 0. The molecule has 2 aliphatic heterocycles. The lowest BCUT2D eigenvalue weighted by atomic mass is 9.87. The molecule has 38 heavy (non-hydrogen) atoms. The Labute approximate surface area is 222 Å². The molecule has 6 rings (SSSR count). The minimum atomic E-state index is -0.436. The van der Waals surface area contributed by atoms with E-state index in [1.54, 1.807) is 11.9 Å². The molecule has 3 aliphatic rings. The van der Waals surface area contributed by atoms with Gasteiger partial charge >= 0.3 is 0 Å². The van der Waals surface area contributed by atoms with E-state index in [0.717, 1.165) is 46.4 Å². The molecule has 0 unspecified atom stereocenters. The quantitative estimate of drug-likeness (QED) is 0.436. The Morgan fingerprint density at radius 2 is 1.66 bits per heavy atom. The molecule has 0 bridgehead atoms. The minimum Gasteiger partial charge on any atom is -0.454 e. The first kappa shape index (κ1) is 24.6. The van der Waals surface area contributed by atoms with Crippen molar-refractivity contribution in [3.63, 3.8) is 0 Å². The lowest BCUT2D eigenvalue weighted by molar-refractivity contribution is -0.120. The normalized spacial score (nSPS) is 17.4. The maximum Gasteiger partial charge on any atom is 0.253 e. The highest BCUT2D eigenvalue weighted by atomic mass is 16.7.